The first kappa shape index (κ1) is 11.8. The van der Waals surface area contributed by atoms with Crippen LogP contribution in [0.15, 0.2) is 35.7 Å². The van der Waals surface area contributed by atoms with Crippen LogP contribution in [0.1, 0.15) is 12.5 Å². The largest absolute Gasteiger partial charge is 0.481 e. The third-order valence-corrected chi connectivity index (χ3v) is 1.43. The smallest absolute Gasteiger partial charge is 0.300 e. The third kappa shape index (κ3) is 7.15. The molecule has 1 aromatic rings. The maximum absolute atomic E-state index is 9.00. The van der Waals surface area contributed by atoms with Gasteiger partial charge in [0.15, 0.2) is 0 Å². The van der Waals surface area contributed by atoms with Crippen molar-refractivity contribution in [3.63, 3.8) is 0 Å². The van der Waals surface area contributed by atoms with Gasteiger partial charge in [-0.25, -0.2) is 0 Å². The van der Waals surface area contributed by atoms with Crippen LogP contribution in [0.5, 0.6) is 0 Å². The van der Waals surface area contributed by atoms with E-state index < -0.39 is 5.97 Å². The lowest BCUT2D eigenvalue weighted by molar-refractivity contribution is -0.134. The van der Waals surface area contributed by atoms with Gasteiger partial charge >= 0.3 is 0 Å². The van der Waals surface area contributed by atoms with E-state index in [2.05, 4.69) is 19.2 Å². The molecule has 0 heterocycles. The summed E-state index contributed by atoms with van der Waals surface area (Å²) in [4.78, 5) is 9.99. The predicted molar refractivity (Wildman–Crippen MR) is 57.1 cm³/mol. The molecule has 1 aromatic carbocycles. The van der Waals surface area contributed by atoms with Crippen molar-refractivity contribution in [2.75, 3.05) is 0 Å². The quantitative estimate of drug-likeness (QED) is 0.678. The molecule has 0 aliphatic rings. The summed E-state index contributed by atoms with van der Waals surface area (Å²) in [6.45, 7) is 4.72. The number of thiol groups is 1. The first-order valence-corrected chi connectivity index (χ1v) is 4.12. The van der Waals surface area contributed by atoms with Crippen molar-refractivity contribution in [3.8, 4) is 0 Å². The van der Waals surface area contributed by atoms with E-state index in [1.54, 1.807) is 0 Å². The molecule has 0 atom stereocenters. The van der Waals surface area contributed by atoms with Gasteiger partial charge in [0.25, 0.3) is 5.97 Å². The summed E-state index contributed by atoms with van der Waals surface area (Å²) in [5.41, 5.74) is 1.13. The highest BCUT2D eigenvalue weighted by Gasteiger charge is 1.82. The molecule has 0 aliphatic heterocycles. The van der Waals surface area contributed by atoms with Gasteiger partial charge in [0.2, 0.25) is 0 Å². The van der Waals surface area contributed by atoms with Gasteiger partial charge in [-0.15, -0.1) is 12.6 Å². The molecule has 0 unspecified atom stereocenters. The molecule has 0 fully saturated rings. The molecule has 0 saturated carbocycles. The van der Waals surface area contributed by atoms with Gasteiger partial charge in [-0.3, -0.25) is 4.79 Å². The molecule has 0 spiro atoms. The predicted octanol–water partition coefficient (Wildman–Crippen LogP) is 2.71. The van der Waals surface area contributed by atoms with Crippen molar-refractivity contribution in [2.45, 2.75) is 11.8 Å². The molecule has 0 saturated heterocycles. The summed E-state index contributed by atoms with van der Waals surface area (Å²) >= 11 is 4.14. The van der Waals surface area contributed by atoms with E-state index in [9.17, 15) is 0 Å². The zero-order valence-electron chi connectivity index (χ0n) is 7.40. The second kappa shape index (κ2) is 6.31. The Balaban J connectivity index is 0.000000310. The van der Waals surface area contributed by atoms with Gasteiger partial charge < -0.3 is 5.11 Å². The second-order valence-electron chi connectivity index (χ2n) is 2.31. The molecule has 0 bridgehead atoms. The summed E-state index contributed by atoms with van der Waals surface area (Å²) in [5, 5.41) is 7.42. The zero-order valence-corrected chi connectivity index (χ0v) is 8.29. The molecule has 3 heteroatoms. The van der Waals surface area contributed by atoms with Crippen LogP contribution in [0, 0.1) is 0 Å². The molecule has 0 radical (unpaired) electrons. The first-order valence-electron chi connectivity index (χ1n) is 3.67. The van der Waals surface area contributed by atoms with Crippen LogP contribution in [0.4, 0.5) is 0 Å². The van der Waals surface area contributed by atoms with Crippen LogP contribution < -0.4 is 0 Å². The highest BCUT2D eigenvalue weighted by molar-refractivity contribution is 7.80. The van der Waals surface area contributed by atoms with E-state index in [1.165, 1.54) is 0 Å². The van der Waals surface area contributed by atoms with E-state index in [0.717, 1.165) is 17.4 Å². The average Bonchev–Trinajstić information content (AvgIpc) is 2.05. The van der Waals surface area contributed by atoms with Crippen molar-refractivity contribution < 1.29 is 9.90 Å². The monoisotopic (exact) mass is 196 g/mol. The fourth-order valence-electron chi connectivity index (χ4n) is 0.610. The Morgan fingerprint density at radius 2 is 1.85 bits per heavy atom. The minimum Gasteiger partial charge on any atom is -0.481 e. The first-order chi connectivity index (χ1) is 6.06. The highest BCUT2D eigenvalue weighted by Crippen LogP contribution is 2.07. The zero-order chi connectivity index (χ0) is 10.3. The molecule has 1 rings (SSSR count). The number of hydrogen-bond donors (Lipinski definition) is 2. The Bertz CT molecular complexity index is 273. The second-order valence-corrected chi connectivity index (χ2v) is 2.83. The number of carboxylic acids is 1. The molecular weight excluding hydrogens is 184 g/mol. The molecule has 70 valence electrons. The molecule has 13 heavy (non-hydrogen) atoms. The lowest BCUT2D eigenvalue weighted by Gasteiger charge is -1.90. The number of rotatable bonds is 1. The summed E-state index contributed by atoms with van der Waals surface area (Å²) in [6.07, 6.45) is 1.81. The minimum absolute atomic E-state index is 0.833. The molecule has 0 amide bonds. The number of aliphatic carboxylic acids is 1. The van der Waals surface area contributed by atoms with E-state index in [1.807, 2.05) is 30.3 Å². The standard InChI is InChI=1S/C8H8S.C2H4O2/c1-2-7-3-5-8(9)6-4-7;1-2(3)4/h2-6,9H,1H2;1H3,(H,3,4). The van der Waals surface area contributed by atoms with E-state index in [0.29, 0.717) is 0 Å². The summed E-state index contributed by atoms with van der Waals surface area (Å²) in [6, 6.07) is 7.85. The Hall–Kier alpha value is -1.22. The van der Waals surface area contributed by atoms with Gasteiger partial charge in [0, 0.05) is 11.8 Å². The van der Waals surface area contributed by atoms with Crippen molar-refractivity contribution >= 4 is 24.7 Å². The van der Waals surface area contributed by atoms with E-state index in [4.69, 9.17) is 9.90 Å². The summed E-state index contributed by atoms with van der Waals surface area (Å²) < 4.78 is 0. The molecular formula is C10H12O2S. The van der Waals surface area contributed by atoms with Gasteiger partial charge in [-0.2, -0.15) is 0 Å². The molecule has 0 aliphatic carbocycles. The van der Waals surface area contributed by atoms with Crippen LogP contribution in [0.2, 0.25) is 0 Å². The van der Waals surface area contributed by atoms with Crippen molar-refractivity contribution in [3.05, 3.63) is 36.4 Å². The topological polar surface area (TPSA) is 37.3 Å². The van der Waals surface area contributed by atoms with E-state index in [-0.39, 0.29) is 0 Å². The van der Waals surface area contributed by atoms with Crippen LogP contribution in [0.25, 0.3) is 6.08 Å². The average molecular weight is 196 g/mol. The van der Waals surface area contributed by atoms with E-state index >= 15 is 0 Å². The van der Waals surface area contributed by atoms with Crippen LogP contribution in [-0.2, 0) is 4.79 Å². The Morgan fingerprint density at radius 3 is 2.15 bits per heavy atom. The summed E-state index contributed by atoms with van der Waals surface area (Å²) in [7, 11) is 0. The third-order valence-electron chi connectivity index (χ3n) is 1.13. The SMILES string of the molecule is C=Cc1ccc(S)cc1.CC(=O)O. The number of carbonyl (C=O) groups is 1. The molecule has 0 aromatic heterocycles. The Labute approximate surface area is 83.3 Å². The minimum atomic E-state index is -0.833. The maximum atomic E-state index is 9.00. The lowest BCUT2D eigenvalue weighted by Crippen LogP contribution is -1.78. The van der Waals surface area contributed by atoms with Gasteiger partial charge in [0.05, 0.1) is 0 Å². The van der Waals surface area contributed by atoms with Crippen LogP contribution >= 0.6 is 12.6 Å². The van der Waals surface area contributed by atoms with Gasteiger partial charge in [-0.1, -0.05) is 24.8 Å². The Morgan fingerprint density at radius 1 is 1.46 bits per heavy atom. The Kier molecular flexibility index (Phi) is 5.72. The van der Waals surface area contributed by atoms with Crippen molar-refractivity contribution in [1.82, 2.24) is 0 Å². The lowest BCUT2D eigenvalue weighted by atomic mass is 10.2. The molecule has 1 N–H and O–H groups in total. The number of carboxylic acid groups (broad SMARTS) is 1. The highest BCUT2D eigenvalue weighted by atomic mass is 32.1. The molecule has 2 nitrogen and oxygen atoms in total. The fourth-order valence-corrected chi connectivity index (χ4v) is 0.759. The number of hydrogen-bond acceptors (Lipinski definition) is 2. The van der Waals surface area contributed by atoms with Gasteiger partial charge in [-0.05, 0) is 17.7 Å². The normalized spacial score (nSPS) is 8.15. The summed E-state index contributed by atoms with van der Waals surface area (Å²) in [5.74, 6) is -0.833. The van der Waals surface area contributed by atoms with Gasteiger partial charge in [0.1, 0.15) is 0 Å². The van der Waals surface area contributed by atoms with Crippen molar-refractivity contribution in [2.24, 2.45) is 0 Å². The fraction of sp³-hybridized carbons (Fsp3) is 0.100. The van der Waals surface area contributed by atoms with Crippen LogP contribution in [-0.4, -0.2) is 11.1 Å². The number of benzene rings is 1. The maximum Gasteiger partial charge on any atom is 0.300 e. The van der Waals surface area contributed by atoms with Crippen molar-refractivity contribution in [1.29, 1.82) is 0 Å². The van der Waals surface area contributed by atoms with Crippen LogP contribution in [0.3, 0.4) is 0 Å².